The number of nitrogens with zero attached hydrogens (tertiary/aromatic N) is 6. The summed E-state index contributed by atoms with van der Waals surface area (Å²) in [6, 6.07) is 9.13. The molecule has 37 heavy (non-hydrogen) atoms. The van der Waals surface area contributed by atoms with E-state index in [9.17, 15) is 13.5 Å². The molecule has 11 nitrogen and oxygen atoms in total. The van der Waals surface area contributed by atoms with Crippen molar-refractivity contribution in [3.8, 4) is 11.1 Å². The van der Waals surface area contributed by atoms with E-state index in [0.717, 1.165) is 59.6 Å². The van der Waals surface area contributed by atoms with Crippen LogP contribution >= 0.6 is 11.3 Å². The van der Waals surface area contributed by atoms with Crippen LogP contribution in [-0.2, 0) is 10.0 Å². The lowest BCUT2D eigenvalue weighted by Crippen LogP contribution is -2.47. The third-order valence-electron chi connectivity index (χ3n) is 5.97. The molecule has 0 saturated carbocycles. The van der Waals surface area contributed by atoms with Crippen LogP contribution in [0.5, 0.6) is 0 Å². The number of aliphatic hydroxyl groups excluding tert-OH is 1. The summed E-state index contributed by atoms with van der Waals surface area (Å²) in [5.74, 6) is 2.50. The first-order valence-electron chi connectivity index (χ1n) is 11.8. The molecule has 4 aromatic rings. The van der Waals surface area contributed by atoms with Crippen molar-refractivity contribution in [2.45, 2.75) is 6.92 Å². The molecule has 1 aliphatic heterocycles. The van der Waals surface area contributed by atoms with Crippen molar-refractivity contribution in [3.63, 3.8) is 0 Å². The molecule has 1 aliphatic rings. The average molecular weight is 541 g/mol. The van der Waals surface area contributed by atoms with E-state index in [1.54, 1.807) is 18.3 Å². The smallest absolute Gasteiger partial charge is 0.229 e. The fraction of sp³-hybridized carbons (Fsp3) is 0.333. The summed E-state index contributed by atoms with van der Waals surface area (Å²) >= 11 is 1.53. The topological polar surface area (TPSA) is 136 Å². The minimum Gasteiger partial charge on any atom is -0.395 e. The van der Waals surface area contributed by atoms with Crippen LogP contribution in [0, 0.1) is 6.92 Å². The Labute approximate surface area is 219 Å². The number of fused-ring (bicyclic) bond motifs is 1. The molecule has 4 heterocycles. The quantitative estimate of drug-likeness (QED) is 0.306. The summed E-state index contributed by atoms with van der Waals surface area (Å²) in [7, 11) is -3.38. The van der Waals surface area contributed by atoms with Gasteiger partial charge in [0, 0.05) is 55.4 Å². The van der Waals surface area contributed by atoms with Gasteiger partial charge in [0.2, 0.25) is 16.0 Å². The monoisotopic (exact) mass is 540 g/mol. The summed E-state index contributed by atoms with van der Waals surface area (Å²) in [5, 5.41) is 14.4. The molecule has 0 unspecified atom stereocenters. The number of anilines is 4. The predicted octanol–water partition coefficient (Wildman–Crippen LogP) is 2.69. The van der Waals surface area contributed by atoms with Crippen molar-refractivity contribution in [2.75, 3.05) is 60.5 Å². The molecule has 194 valence electrons. The maximum Gasteiger partial charge on any atom is 0.229 e. The number of hydrogen-bond acceptors (Lipinski definition) is 11. The Morgan fingerprint density at radius 2 is 1.92 bits per heavy atom. The van der Waals surface area contributed by atoms with Crippen LogP contribution in [0.1, 0.15) is 5.82 Å². The lowest BCUT2D eigenvalue weighted by Gasteiger charge is -2.35. The van der Waals surface area contributed by atoms with Gasteiger partial charge in [-0.2, -0.15) is 0 Å². The van der Waals surface area contributed by atoms with E-state index < -0.39 is 10.0 Å². The normalized spacial score (nSPS) is 14.7. The number of thiophene rings is 1. The zero-order chi connectivity index (χ0) is 26.0. The highest BCUT2D eigenvalue weighted by Gasteiger charge is 2.19. The number of hydrogen-bond donors (Lipinski definition) is 3. The summed E-state index contributed by atoms with van der Waals surface area (Å²) < 4.78 is 26.8. The molecule has 1 saturated heterocycles. The summed E-state index contributed by atoms with van der Waals surface area (Å²) in [4.78, 5) is 22.8. The van der Waals surface area contributed by atoms with Crippen LogP contribution in [0.4, 0.5) is 23.3 Å². The molecule has 13 heteroatoms. The molecule has 3 N–H and O–H groups in total. The van der Waals surface area contributed by atoms with E-state index in [1.165, 1.54) is 11.3 Å². The molecule has 1 aromatic carbocycles. The molecule has 5 rings (SSSR count). The number of aliphatic hydroxyl groups is 1. The number of sulfonamides is 1. The highest BCUT2D eigenvalue weighted by Crippen LogP contribution is 2.34. The Balaban J connectivity index is 1.39. The van der Waals surface area contributed by atoms with E-state index in [4.69, 9.17) is 4.98 Å². The van der Waals surface area contributed by atoms with Gasteiger partial charge >= 0.3 is 0 Å². The molecule has 0 atom stereocenters. The largest absolute Gasteiger partial charge is 0.395 e. The zero-order valence-corrected chi connectivity index (χ0v) is 22.2. The van der Waals surface area contributed by atoms with Gasteiger partial charge in [-0.05, 0) is 24.6 Å². The third-order valence-corrected chi connectivity index (χ3v) is 7.48. The second kappa shape index (κ2) is 10.5. The Morgan fingerprint density at radius 3 is 2.68 bits per heavy atom. The van der Waals surface area contributed by atoms with Gasteiger partial charge in [-0.15, -0.1) is 11.3 Å². The van der Waals surface area contributed by atoms with Gasteiger partial charge in [-0.3, -0.25) is 9.62 Å². The summed E-state index contributed by atoms with van der Waals surface area (Å²) in [6.07, 6.45) is 2.90. The Morgan fingerprint density at radius 1 is 1.11 bits per heavy atom. The van der Waals surface area contributed by atoms with E-state index in [-0.39, 0.29) is 6.61 Å². The van der Waals surface area contributed by atoms with Gasteiger partial charge in [0.15, 0.2) is 0 Å². The molecule has 3 aromatic heterocycles. The minimum absolute atomic E-state index is 0.167. The fourth-order valence-corrected chi connectivity index (χ4v) is 5.72. The number of piperazine rings is 1. The molecule has 0 spiro atoms. The second-order valence-corrected chi connectivity index (χ2v) is 11.5. The lowest BCUT2D eigenvalue weighted by molar-refractivity contribution is 0.188. The van der Waals surface area contributed by atoms with Crippen LogP contribution in [-0.4, -0.2) is 83.9 Å². The highest BCUT2D eigenvalue weighted by molar-refractivity contribution is 7.92. The highest BCUT2D eigenvalue weighted by atomic mass is 32.2. The Bertz CT molecular complexity index is 1520. The molecular formula is C24H28N8O3S2. The van der Waals surface area contributed by atoms with Crippen LogP contribution in [0.2, 0.25) is 0 Å². The van der Waals surface area contributed by atoms with Gasteiger partial charge in [0.25, 0.3) is 0 Å². The molecular weight excluding hydrogens is 512 g/mol. The van der Waals surface area contributed by atoms with Crippen molar-refractivity contribution in [2.24, 2.45) is 0 Å². The minimum atomic E-state index is -3.38. The molecule has 0 amide bonds. The van der Waals surface area contributed by atoms with Gasteiger partial charge in [0.05, 0.1) is 29.3 Å². The van der Waals surface area contributed by atoms with E-state index in [1.807, 2.05) is 30.5 Å². The SMILES string of the molecule is Cc1nc(Nc2ncc3scc(-c4cccc(NS(C)(=O)=O)c4)c3n2)cc(N2CCN(CCO)CC2)n1. The van der Waals surface area contributed by atoms with E-state index >= 15 is 0 Å². The fourth-order valence-electron chi connectivity index (χ4n) is 4.29. The summed E-state index contributed by atoms with van der Waals surface area (Å²) in [6.45, 7) is 6.09. The van der Waals surface area contributed by atoms with Crippen molar-refractivity contribution in [3.05, 3.63) is 47.7 Å². The lowest BCUT2D eigenvalue weighted by atomic mass is 10.1. The first-order chi connectivity index (χ1) is 17.8. The maximum atomic E-state index is 11.7. The number of β-amino-alcohol motifs (C(OH)–C–C–N with tert-alkyl or cyclic N) is 1. The van der Waals surface area contributed by atoms with Crippen LogP contribution in [0.15, 0.2) is 41.9 Å². The molecule has 0 bridgehead atoms. The molecule has 0 radical (unpaired) electrons. The maximum absolute atomic E-state index is 11.7. The average Bonchev–Trinajstić information content (AvgIpc) is 3.27. The van der Waals surface area contributed by atoms with Crippen molar-refractivity contribution in [1.82, 2.24) is 24.8 Å². The zero-order valence-electron chi connectivity index (χ0n) is 20.5. The van der Waals surface area contributed by atoms with Crippen LogP contribution < -0.4 is 14.9 Å². The Hall–Kier alpha value is -3.39. The van der Waals surface area contributed by atoms with Gasteiger partial charge in [-0.1, -0.05) is 12.1 Å². The predicted molar refractivity (Wildman–Crippen MR) is 147 cm³/mol. The third kappa shape index (κ3) is 6.13. The van der Waals surface area contributed by atoms with Gasteiger partial charge in [-0.25, -0.2) is 28.4 Å². The number of nitrogens with one attached hydrogen (secondary N) is 2. The Kier molecular flexibility index (Phi) is 7.20. The second-order valence-electron chi connectivity index (χ2n) is 8.85. The van der Waals surface area contributed by atoms with Crippen molar-refractivity contribution in [1.29, 1.82) is 0 Å². The number of rotatable bonds is 8. The first kappa shape index (κ1) is 25.3. The van der Waals surface area contributed by atoms with E-state index in [2.05, 4.69) is 34.8 Å². The van der Waals surface area contributed by atoms with Gasteiger partial charge < -0.3 is 15.3 Å². The van der Waals surface area contributed by atoms with Crippen molar-refractivity contribution < 1.29 is 13.5 Å². The summed E-state index contributed by atoms with van der Waals surface area (Å²) in [5.41, 5.74) is 3.01. The molecule has 0 aliphatic carbocycles. The molecule has 1 fully saturated rings. The van der Waals surface area contributed by atoms with Gasteiger partial charge in [0.1, 0.15) is 17.5 Å². The number of aryl methyl sites for hydroxylation is 1. The van der Waals surface area contributed by atoms with Crippen molar-refractivity contribution >= 4 is 54.8 Å². The van der Waals surface area contributed by atoms with E-state index in [0.29, 0.717) is 29.8 Å². The van der Waals surface area contributed by atoms with Crippen LogP contribution in [0.3, 0.4) is 0 Å². The van der Waals surface area contributed by atoms with Crippen LogP contribution in [0.25, 0.3) is 21.3 Å². The standard InChI is InChI=1S/C24H28N8O3S2/c1-16-26-21(13-22(27-16)32-8-6-31(7-9-32)10-11-33)28-24-25-14-20-23(29-24)19(15-36-20)17-4-3-5-18(12-17)30-37(2,34)35/h3-5,12-15,30,33H,6-11H2,1-2H3,(H,25,26,27,28,29). The number of aromatic nitrogens is 4. The first-order valence-corrected chi connectivity index (χ1v) is 14.6. The number of benzene rings is 1.